The molecule has 0 spiro atoms. The fourth-order valence-electron chi connectivity index (χ4n) is 11.1. The first kappa shape index (κ1) is 91.1. The normalized spacial score (nSPS) is 14.8. The number of hydrogen-bond donors (Lipinski definition) is 3. The van der Waals surface area contributed by atoms with Crippen LogP contribution in [0, 0.1) is 23.7 Å². The van der Waals surface area contributed by atoms with Crippen LogP contribution in [0.25, 0.3) is 0 Å². The zero-order valence-corrected chi connectivity index (χ0v) is 62.7. The molecule has 552 valence electrons. The third kappa shape index (κ3) is 65.8. The third-order valence-corrected chi connectivity index (χ3v) is 19.7. The second kappa shape index (κ2) is 63.5. The van der Waals surface area contributed by atoms with E-state index in [9.17, 15) is 43.2 Å². The van der Waals surface area contributed by atoms with Gasteiger partial charge in [-0.3, -0.25) is 37.3 Å². The molecule has 4 unspecified atom stereocenters. The monoisotopic (exact) mass is 1370 g/mol. The lowest BCUT2D eigenvalue weighted by molar-refractivity contribution is -0.161. The number of aliphatic hydroxyl groups excluding tert-OH is 1. The molecule has 3 N–H and O–H groups in total. The van der Waals surface area contributed by atoms with Gasteiger partial charge in [0.1, 0.15) is 19.3 Å². The molecule has 0 aromatic rings. The van der Waals surface area contributed by atoms with Crippen molar-refractivity contribution in [3.8, 4) is 0 Å². The van der Waals surface area contributed by atoms with E-state index in [4.69, 9.17) is 37.0 Å². The summed E-state index contributed by atoms with van der Waals surface area (Å²) < 4.78 is 68.4. The minimum Gasteiger partial charge on any atom is -0.462 e. The summed E-state index contributed by atoms with van der Waals surface area (Å²) >= 11 is 0. The molecule has 0 radical (unpaired) electrons. The highest BCUT2D eigenvalue weighted by atomic mass is 31.2. The Hall–Kier alpha value is -1.94. The molecule has 0 fully saturated rings. The number of aliphatic hydroxyl groups is 1. The first-order chi connectivity index (χ1) is 44.7. The Balaban J connectivity index is 5.24. The molecule has 0 saturated heterocycles. The molecule has 0 aromatic carbocycles. The molecule has 0 aliphatic heterocycles. The summed E-state index contributed by atoms with van der Waals surface area (Å²) in [7, 11) is -9.91. The molecular weight excluding hydrogens is 1220 g/mol. The van der Waals surface area contributed by atoms with Gasteiger partial charge in [-0.1, -0.05) is 319 Å². The summed E-state index contributed by atoms with van der Waals surface area (Å²) in [5, 5.41) is 10.6. The van der Waals surface area contributed by atoms with Gasteiger partial charge in [-0.05, 0) is 49.4 Å². The topological polar surface area (TPSA) is 237 Å². The van der Waals surface area contributed by atoms with E-state index in [0.29, 0.717) is 31.6 Å². The first-order valence-electron chi connectivity index (χ1n) is 38.3. The maximum Gasteiger partial charge on any atom is 0.472 e. The first-order valence-corrected chi connectivity index (χ1v) is 41.3. The highest BCUT2D eigenvalue weighted by molar-refractivity contribution is 7.47. The van der Waals surface area contributed by atoms with E-state index in [1.165, 1.54) is 167 Å². The van der Waals surface area contributed by atoms with Crippen LogP contribution in [-0.2, 0) is 65.4 Å². The molecule has 0 heterocycles. The van der Waals surface area contributed by atoms with Crippen molar-refractivity contribution in [2.75, 3.05) is 39.6 Å². The van der Waals surface area contributed by atoms with Gasteiger partial charge in [0, 0.05) is 25.7 Å². The van der Waals surface area contributed by atoms with Crippen LogP contribution in [0.1, 0.15) is 370 Å². The van der Waals surface area contributed by atoms with E-state index in [-0.39, 0.29) is 25.7 Å². The van der Waals surface area contributed by atoms with Crippen molar-refractivity contribution in [1.82, 2.24) is 0 Å². The van der Waals surface area contributed by atoms with Gasteiger partial charge in [0.15, 0.2) is 12.2 Å². The Labute approximate surface area is 568 Å². The van der Waals surface area contributed by atoms with Crippen LogP contribution >= 0.6 is 15.6 Å². The van der Waals surface area contributed by atoms with Gasteiger partial charge >= 0.3 is 39.5 Å². The predicted molar refractivity (Wildman–Crippen MR) is 377 cm³/mol. The van der Waals surface area contributed by atoms with Gasteiger partial charge in [0.2, 0.25) is 0 Å². The molecule has 17 nitrogen and oxygen atoms in total. The molecule has 0 aromatic heterocycles. The summed E-state index contributed by atoms with van der Waals surface area (Å²) in [5.74, 6) is 0.928. The summed E-state index contributed by atoms with van der Waals surface area (Å²) in [5.41, 5.74) is 0. The van der Waals surface area contributed by atoms with E-state index in [2.05, 4.69) is 55.4 Å². The van der Waals surface area contributed by atoms with Gasteiger partial charge in [0.05, 0.1) is 26.4 Å². The van der Waals surface area contributed by atoms with Crippen LogP contribution in [0.15, 0.2) is 0 Å². The van der Waals surface area contributed by atoms with Gasteiger partial charge in [0.25, 0.3) is 0 Å². The fourth-order valence-corrected chi connectivity index (χ4v) is 12.7. The molecular formula is C74H144O17P2. The van der Waals surface area contributed by atoms with E-state index in [1.807, 2.05) is 0 Å². The third-order valence-electron chi connectivity index (χ3n) is 17.8. The van der Waals surface area contributed by atoms with Crippen molar-refractivity contribution < 1.29 is 80.2 Å². The summed E-state index contributed by atoms with van der Waals surface area (Å²) in [6.45, 7) is 14.1. The van der Waals surface area contributed by atoms with E-state index in [0.717, 1.165) is 114 Å². The van der Waals surface area contributed by atoms with Crippen molar-refractivity contribution >= 4 is 39.5 Å². The molecule has 0 saturated carbocycles. The summed E-state index contributed by atoms with van der Waals surface area (Å²) in [6, 6.07) is 0. The Bertz CT molecular complexity index is 1840. The average Bonchev–Trinajstić information content (AvgIpc) is 3.69. The molecule has 0 aliphatic carbocycles. The summed E-state index contributed by atoms with van der Waals surface area (Å²) in [4.78, 5) is 72.7. The van der Waals surface area contributed by atoms with Crippen LogP contribution < -0.4 is 0 Å². The Morgan fingerprint density at radius 1 is 0.301 bits per heavy atom. The van der Waals surface area contributed by atoms with E-state index in [1.54, 1.807) is 0 Å². The fraction of sp³-hybridized carbons (Fsp3) is 0.946. The maximum atomic E-state index is 13.1. The number of esters is 4. The van der Waals surface area contributed by atoms with Crippen LogP contribution in [0.2, 0.25) is 0 Å². The second-order valence-electron chi connectivity index (χ2n) is 28.1. The number of phosphoric ester groups is 2. The second-order valence-corrected chi connectivity index (χ2v) is 31.0. The van der Waals surface area contributed by atoms with E-state index >= 15 is 0 Å². The summed E-state index contributed by atoms with van der Waals surface area (Å²) in [6.07, 6.45) is 47.3. The molecule has 0 rings (SSSR count). The van der Waals surface area contributed by atoms with Crippen LogP contribution in [0.4, 0.5) is 0 Å². The van der Waals surface area contributed by atoms with Crippen molar-refractivity contribution in [1.29, 1.82) is 0 Å². The van der Waals surface area contributed by atoms with Crippen molar-refractivity contribution in [3.05, 3.63) is 0 Å². The quantitative estimate of drug-likeness (QED) is 0.0222. The molecule has 0 amide bonds. The van der Waals surface area contributed by atoms with Crippen LogP contribution in [-0.4, -0.2) is 96.7 Å². The molecule has 0 aliphatic rings. The van der Waals surface area contributed by atoms with Gasteiger partial charge < -0.3 is 33.8 Å². The van der Waals surface area contributed by atoms with Crippen molar-refractivity contribution in [2.24, 2.45) is 23.7 Å². The minimum atomic E-state index is -4.96. The number of rotatable bonds is 71. The highest BCUT2D eigenvalue weighted by Gasteiger charge is 2.30. The van der Waals surface area contributed by atoms with Gasteiger partial charge in [-0.15, -0.1) is 0 Å². The minimum absolute atomic E-state index is 0.102. The van der Waals surface area contributed by atoms with E-state index < -0.39 is 97.5 Å². The number of phosphoric acid groups is 2. The highest BCUT2D eigenvalue weighted by Crippen LogP contribution is 2.45. The van der Waals surface area contributed by atoms with Crippen molar-refractivity contribution in [3.63, 3.8) is 0 Å². The van der Waals surface area contributed by atoms with Crippen molar-refractivity contribution in [2.45, 2.75) is 388 Å². The number of hydrogen-bond acceptors (Lipinski definition) is 15. The number of unbranched alkanes of at least 4 members (excludes halogenated alkanes) is 35. The lowest BCUT2D eigenvalue weighted by atomic mass is 9.99. The standard InChI is InChI=1S/C74H144O17P2/c1-9-66(7)52-44-36-28-22-18-13-11-12-14-20-24-30-40-48-56-73(78)90-69(60-84-71(76)54-46-38-29-23-19-16-15-17-21-26-34-42-50-64(3)4)62-88-92(80,81)86-58-68(75)59-87-93(82,83)89-63-70(91-74(79)57-49-41-31-25-27-35-43-51-65(5)6)61-85-72(77)55-47-39-33-32-37-45-53-67(8)10-2/h64-70,75H,9-63H2,1-8H3,(H,80,81)(H,82,83)/t66?,67?,68-,69-,70-/m1/s1. The lowest BCUT2D eigenvalue weighted by Gasteiger charge is -2.21. The van der Waals surface area contributed by atoms with Gasteiger partial charge in [-0.2, -0.15) is 0 Å². The van der Waals surface area contributed by atoms with Gasteiger partial charge in [-0.25, -0.2) is 9.13 Å². The SMILES string of the molecule is CCC(C)CCCCCCCCCCCCCCCCC(=O)O[C@H](COC(=O)CCCCCCCCCCCCCCC(C)C)COP(=O)(O)OC[C@@H](O)COP(=O)(O)OC[C@@H](COC(=O)CCCCCCCCC(C)CC)OC(=O)CCCCCCCCCC(C)C. The number of carbonyl (C=O) groups is 4. The Morgan fingerprint density at radius 2 is 0.516 bits per heavy atom. The Kier molecular flexibility index (Phi) is 62.2. The Morgan fingerprint density at radius 3 is 0.763 bits per heavy atom. The molecule has 7 atom stereocenters. The van der Waals surface area contributed by atoms with Crippen LogP contribution in [0.3, 0.4) is 0 Å². The average molecular weight is 1370 g/mol. The molecule has 0 bridgehead atoms. The number of ether oxygens (including phenoxy) is 4. The molecule has 19 heteroatoms. The van der Waals surface area contributed by atoms with Crippen LogP contribution in [0.5, 0.6) is 0 Å². The smallest absolute Gasteiger partial charge is 0.462 e. The zero-order chi connectivity index (χ0) is 68.9. The molecule has 93 heavy (non-hydrogen) atoms. The largest absolute Gasteiger partial charge is 0.472 e. The lowest BCUT2D eigenvalue weighted by Crippen LogP contribution is -2.30. The predicted octanol–water partition coefficient (Wildman–Crippen LogP) is 21.3. The zero-order valence-electron chi connectivity index (χ0n) is 60.9. The maximum absolute atomic E-state index is 13.1. The number of carbonyl (C=O) groups excluding carboxylic acids is 4.